The first-order valence-corrected chi connectivity index (χ1v) is 10.9. The molecule has 0 aliphatic carbocycles. The Morgan fingerprint density at radius 1 is 1.00 bits per heavy atom. The molecule has 0 bridgehead atoms. The Morgan fingerprint density at radius 3 is 2.56 bits per heavy atom. The molecule has 0 N–H and O–H groups in total. The lowest BCUT2D eigenvalue weighted by Gasteiger charge is -2.23. The van der Waals surface area contributed by atoms with Crippen LogP contribution in [0.1, 0.15) is 12.0 Å². The van der Waals surface area contributed by atoms with Crippen molar-refractivity contribution in [2.45, 2.75) is 16.2 Å². The Morgan fingerprint density at radius 2 is 1.74 bits per heavy atom. The maximum atomic E-state index is 12.3. The number of fused-ring (bicyclic) bond motifs is 1. The van der Waals surface area contributed by atoms with Crippen molar-refractivity contribution in [3.05, 3.63) is 60.5 Å². The Labute approximate surface area is 160 Å². The van der Waals surface area contributed by atoms with Gasteiger partial charge in [0, 0.05) is 5.75 Å². The van der Waals surface area contributed by atoms with E-state index in [1.807, 2.05) is 24.3 Å². The van der Waals surface area contributed by atoms with Crippen LogP contribution in [0.3, 0.4) is 0 Å². The number of nitrogens with zero attached hydrogens (tertiary/aromatic N) is 2. The molecule has 1 aromatic heterocycles. The van der Waals surface area contributed by atoms with Crippen LogP contribution in [0, 0.1) is 0 Å². The molecule has 0 saturated carbocycles. The van der Waals surface area contributed by atoms with Gasteiger partial charge in [0.05, 0.1) is 10.6 Å². The van der Waals surface area contributed by atoms with E-state index in [0.717, 1.165) is 0 Å². The van der Waals surface area contributed by atoms with Crippen molar-refractivity contribution in [2.75, 3.05) is 18.1 Å². The van der Waals surface area contributed by atoms with E-state index in [4.69, 9.17) is 13.9 Å². The van der Waals surface area contributed by atoms with Crippen molar-refractivity contribution in [3.63, 3.8) is 0 Å². The summed E-state index contributed by atoms with van der Waals surface area (Å²) in [6.07, 6.45) is -0.491. The molecule has 0 unspecified atom stereocenters. The summed E-state index contributed by atoms with van der Waals surface area (Å²) in [6.45, 7) is 0.270. The minimum Gasteiger partial charge on any atom is -0.485 e. The fourth-order valence-corrected chi connectivity index (χ4v) is 4.97. The van der Waals surface area contributed by atoms with E-state index in [1.54, 1.807) is 30.3 Å². The SMILES string of the molecule is O=S(=O)(CCSc1nnc([C@H]2COc3ccccc3O2)o1)c1ccccc1. The molecule has 140 valence electrons. The largest absolute Gasteiger partial charge is 0.485 e. The summed E-state index contributed by atoms with van der Waals surface area (Å²) < 4.78 is 41.6. The number of para-hydroxylation sites is 2. The third kappa shape index (κ3) is 4.09. The molecule has 1 atom stereocenters. The van der Waals surface area contributed by atoms with Crippen LogP contribution in [-0.2, 0) is 9.84 Å². The highest BCUT2D eigenvalue weighted by Crippen LogP contribution is 2.35. The minimum atomic E-state index is -3.33. The zero-order valence-corrected chi connectivity index (χ0v) is 15.8. The third-order valence-corrected chi connectivity index (χ3v) is 6.70. The van der Waals surface area contributed by atoms with Crippen molar-refractivity contribution in [2.24, 2.45) is 0 Å². The molecule has 9 heteroatoms. The van der Waals surface area contributed by atoms with E-state index in [2.05, 4.69) is 10.2 Å². The number of aromatic nitrogens is 2. The van der Waals surface area contributed by atoms with Gasteiger partial charge in [0.15, 0.2) is 21.3 Å². The van der Waals surface area contributed by atoms with Crippen molar-refractivity contribution in [1.29, 1.82) is 0 Å². The summed E-state index contributed by atoms with van der Waals surface area (Å²) in [5, 5.41) is 8.25. The molecule has 1 aliphatic heterocycles. The van der Waals surface area contributed by atoms with Gasteiger partial charge in [-0.15, -0.1) is 10.2 Å². The van der Waals surface area contributed by atoms with Gasteiger partial charge in [-0.1, -0.05) is 42.1 Å². The summed E-state index contributed by atoms with van der Waals surface area (Å²) in [4.78, 5) is 0.309. The highest BCUT2D eigenvalue weighted by Gasteiger charge is 2.27. The van der Waals surface area contributed by atoms with E-state index < -0.39 is 15.9 Å². The standard InChI is InChI=1S/C18H16N2O5S2/c21-27(22,13-6-2-1-3-7-13)11-10-26-18-20-19-17(25-18)16-12-23-14-8-4-5-9-15(14)24-16/h1-9,16H,10-12H2/t16-/m1/s1. The maximum Gasteiger partial charge on any atom is 0.276 e. The van der Waals surface area contributed by atoms with Gasteiger partial charge in [-0.3, -0.25) is 0 Å². The second-order valence-corrected chi connectivity index (χ2v) is 8.91. The summed E-state index contributed by atoms with van der Waals surface area (Å²) in [5.41, 5.74) is 0. The molecular weight excluding hydrogens is 388 g/mol. The summed E-state index contributed by atoms with van der Waals surface area (Å²) in [6, 6.07) is 15.7. The number of thioether (sulfide) groups is 1. The van der Waals surface area contributed by atoms with Crippen molar-refractivity contribution < 1.29 is 22.3 Å². The smallest absolute Gasteiger partial charge is 0.276 e. The van der Waals surface area contributed by atoms with E-state index in [0.29, 0.717) is 33.3 Å². The quantitative estimate of drug-likeness (QED) is 0.579. The van der Waals surface area contributed by atoms with Crippen LogP contribution in [0.25, 0.3) is 0 Å². The van der Waals surface area contributed by atoms with E-state index in [1.165, 1.54) is 11.8 Å². The molecule has 2 heterocycles. The average molecular weight is 404 g/mol. The second kappa shape index (κ2) is 7.61. The first-order chi connectivity index (χ1) is 13.1. The third-order valence-electron chi connectivity index (χ3n) is 3.89. The average Bonchev–Trinajstić information content (AvgIpc) is 3.17. The molecule has 0 saturated heterocycles. The highest BCUT2D eigenvalue weighted by molar-refractivity contribution is 8.00. The van der Waals surface area contributed by atoms with Crippen LogP contribution >= 0.6 is 11.8 Å². The molecule has 27 heavy (non-hydrogen) atoms. The number of rotatable bonds is 6. The van der Waals surface area contributed by atoms with Gasteiger partial charge in [-0.25, -0.2) is 8.42 Å². The summed E-state index contributed by atoms with van der Waals surface area (Å²) >= 11 is 1.20. The molecule has 0 radical (unpaired) electrons. The predicted octanol–water partition coefficient (Wildman–Crippen LogP) is 3.15. The van der Waals surface area contributed by atoms with Crippen LogP contribution < -0.4 is 9.47 Å². The fraction of sp³-hybridized carbons (Fsp3) is 0.222. The highest BCUT2D eigenvalue weighted by atomic mass is 32.2. The molecule has 3 aromatic rings. The van der Waals surface area contributed by atoms with Crippen LogP contribution in [0.5, 0.6) is 11.5 Å². The van der Waals surface area contributed by atoms with Crippen LogP contribution in [-0.4, -0.2) is 36.7 Å². The Balaban J connectivity index is 1.35. The molecular formula is C18H16N2O5S2. The summed E-state index contributed by atoms with van der Waals surface area (Å²) in [7, 11) is -3.33. The molecule has 0 amide bonds. The molecule has 1 aliphatic rings. The predicted molar refractivity (Wildman–Crippen MR) is 98.8 cm³/mol. The van der Waals surface area contributed by atoms with E-state index in [9.17, 15) is 8.42 Å². The number of hydrogen-bond donors (Lipinski definition) is 0. The Bertz CT molecular complexity index is 1020. The maximum absolute atomic E-state index is 12.3. The first kappa shape index (κ1) is 17.9. The lowest BCUT2D eigenvalue weighted by atomic mass is 10.2. The van der Waals surface area contributed by atoms with Gasteiger partial charge in [0.25, 0.3) is 11.1 Å². The van der Waals surface area contributed by atoms with Gasteiger partial charge in [0.1, 0.15) is 6.61 Å². The van der Waals surface area contributed by atoms with Crippen LogP contribution in [0.15, 0.2) is 69.1 Å². The van der Waals surface area contributed by atoms with Crippen molar-refractivity contribution in [1.82, 2.24) is 10.2 Å². The van der Waals surface area contributed by atoms with Gasteiger partial charge in [-0.2, -0.15) is 0 Å². The zero-order valence-electron chi connectivity index (χ0n) is 14.1. The fourth-order valence-electron chi connectivity index (χ4n) is 2.53. The number of hydrogen-bond acceptors (Lipinski definition) is 8. The van der Waals surface area contributed by atoms with E-state index >= 15 is 0 Å². The topological polar surface area (TPSA) is 91.5 Å². The second-order valence-electron chi connectivity index (χ2n) is 5.75. The normalized spacial score (nSPS) is 16.2. The lowest BCUT2D eigenvalue weighted by Crippen LogP contribution is -2.21. The lowest BCUT2D eigenvalue weighted by molar-refractivity contribution is 0.0686. The Kier molecular flexibility index (Phi) is 5.04. The van der Waals surface area contributed by atoms with Crippen molar-refractivity contribution in [3.8, 4) is 11.5 Å². The van der Waals surface area contributed by atoms with Gasteiger partial charge >= 0.3 is 0 Å². The monoisotopic (exact) mass is 404 g/mol. The minimum absolute atomic E-state index is 0.0180. The van der Waals surface area contributed by atoms with Gasteiger partial charge < -0.3 is 13.9 Å². The molecule has 0 spiro atoms. The molecule has 2 aromatic carbocycles. The molecule has 7 nitrogen and oxygen atoms in total. The number of benzene rings is 2. The van der Waals surface area contributed by atoms with Crippen LogP contribution in [0.2, 0.25) is 0 Å². The van der Waals surface area contributed by atoms with E-state index in [-0.39, 0.29) is 12.4 Å². The number of ether oxygens (including phenoxy) is 2. The molecule has 4 rings (SSSR count). The van der Waals surface area contributed by atoms with Crippen LogP contribution in [0.4, 0.5) is 0 Å². The van der Waals surface area contributed by atoms with Gasteiger partial charge in [0.2, 0.25) is 6.10 Å². The summed E-state index contributed by atoms with van der Waals surface area (Å²) in [5.74, 6) is 1.89. The van der Waals surface area contributed by atoms with Gasteiger partial charge in [-0.05, 0) is 24.3 Å². The zero-order chi connectivity index (χ0) is 18.7. The van der Waals surface area contributed by atoms with Crippen molar-refractivity contribution >= 4 is 21.6 Å². The first-order valence-electron chi connectivity index (χ1n) is 8.24. The number of sulfone groups is 1. The molecule has 0 fully saturated rings. The Hall–Kier alpha value is -2.52.